The molecule has 2 aromatic rings. The third kappa shape index (κ3) is 4.06. The first-order valence-corrected chi connectivity index (χ1v) is 6.94. The van der Waals surface area contributed by atoms with Crippen molar-refractivity contribution in [1.82, 2.24) is 0 Å². The van der Waals surface area contributed by atoms with Gasteiger partial charge in [0.05, 0.1) is 6.42 Å². The summed E-state index contributed by atoms with van der Waals surface area (Å²) in [5, 5.41) is 2.67. The number of nitrogens with one attached hydrogen (secondary N) is 1. The van der Waals surface area contributed by atoms with E-state index in [0.717, 1.165) is 11.3 Å². The summed E-state index contributed by atoms with van der Waals surface area (Å²) in [5.74, 6) is -0.254. The lowest BCUT2D eigenvalue weighted by atomic mass is 10.1. The van der Waals surface area contributed by atoms with E-state index >= 15 is 0 Å². The Morgan fingerprint density at radius 1 is 1.09 bits per heavy atom. The lowest BCUT2D eigenvalue weighted by Gasteiger charge is -2.18. The maximum absolute atomic E-state index is 12.3. The van der Waals surface area contributed by atoms with Crippen LogP contribution >= 0.6 is 0 Å². The van der Waals surface area contributed by atoms with E-state index in [1.54, 1.807) is 36.2 Å². The average Bonchev–Trinajstić information content (AvgIpc) is 2.55. The quantitative estimate of drug-likeness (QED) is 0.862. The van der Waals surface area contributed by atoms with Gasteiger partial charge in [0.2, 0.25) is 11.8 Å². The fourth-order valence-corrected chi connectivity index (χ4v) is 1.99. The number of carbonyl (C=O) groups excluding carboxylic acids is 2. The van der Waals surface area contributed by atoms with E-state index in [9.17, 15) is 9.59 Å². The maximum Gasteiger partial charge on any atom is 0.247 e. The molecule has 0 saturated carbocycles. The van der Waals surface area contributed by atoms with Crippen molar-refractivity contribution in [2.24, 2.45) is 0 Å². The number of rotatable bonds is 5. The summed E-state index contributed by atoms with van der Waals surface area (Å²) >= 11 is 0. The molecule has 0 aromatic heterocycles. The van der Waals surface area contributed by atoms with Crippen LogP contribution < -0.4 is 10.2 Å². The van der Waals surface area contributed by atoms with Crippen LogP contribution in [0.25, 0.3) is 0 Å². The van der Waals surface area contributed by atoms with E-state index < -0.39 is 0 Å². The summed E-state index contributed by atoms with van der Waals surface area (Å²) in [5.41, 5.74) is 2.42. The zero-order valence-corrected chi connectivity index (χ0v) is 12.5. The Bertz CT molecular complexity index is 663. The number of hydrogen-bond donors (Lipinski definition) is 1. The Hall–Kier alpha value is -2.88. The average molecular weight is 294 g/mol. The van der Waals surface area contributed by atoms with Gasteiger partial charge in [0.25, 0.3) is 0 Å². The molecule has 0 aliphatic carbocycles. The van der Waals surface area contributed by atoms with Crippen molar-refractivity contribution >= 4 is 23.2 Å². The van der Waals surface area contributed by atoms with Gasteiger partial charge in [-0.05, 0) is 35.9 Å². The smallest absolute Gasteiger partial charge is 0.247 e. The molecule has 0 unspecified atom stereocenters. The molecule has 0 saturated heterocycles. The van der Waals surface area contributed by atoms with Crippen LogP contribution in [-0.2, 0) is 16.0 Å². The summed E-state index contributed by atoms with van der Waals surface area (Å²) < 4.78 is 0. The summed E-state index contributed by atoms with van der Waals surface area (Å²) in [7, 11) is 1.74. The first-order chi connectivity index (χ1) is 10.6. The number of anilines is 2. The van der Waals surface area contributed by atoms with Crippen molar-refractivity contribution in [3.63, 3.8) is 0 Å². The predicted molar refractivity (Wildman–Crippen MR) is 88.8 cm³/mol. The highest BCUT2D eigenvalue weighted by molar-refractivity contribution is 5.99. The van der Waals surface area contributed by atoms with Crippen molar-refractivity contribution in [3.05, 3.63) is 72.8 Å². The minimum atomic E-state index is -0.263. The lowest BCUT2D eigenvalue weighted by Crippen LogP contribution is -2.27. The summed E-state index contributed by atoms with van der Waals surface area (Å²) in [6.07, 6.45) is 1.57. The Balaban J connectivity index is 2.02. The lowest BCUT2D eigenvalue weighted by molar-refractivity contribution is -0.117. The van der Waals surface area contributed by atoms with Crippen molar-refractivity contribution in [3.8, 4) is 0 Å². The topological polar surface area (TPSA) is 49.4 Å². The molecule has 0 atom stereocenters. The van der Waals surface area contributed by atoms with Gasteiger partial charge in [-0.15, -0.1) is 0 Å². The molecule has 2 aromatic carbocycles. The fourth-order valence-electron chi connectivity index (χ4n) is 1.99. The monoisotopic (exact) mass is 294 g/mol. The highest BCUT2D eigenvalue weighted by Gasteiger charge is 2.11. The summed E-state index contributed by atoms with van der Waals surface area (Å²) in [4.78, 5) is 25.1. The van der Waals surface area contributed by atoms with Gasteiger partial charge in [-0.1, -0.05) is 36.9 Å². The van der Waals surface area contributed by atoms with Crippen LogP contribution in [-0.4, -0.2) is 18.9 Å². The van der Waals surface area contributed by atoms with Gasteiger partial charge in [0.1, 0.15) is 0 Å². The minimum absolute atomic E-state index is 0.00840. The summed E-state index contributed by atoms with van der Waals surface area (Å²) in [6.45, 7) is 3.40. The molecular weight excluding hydrogens is 276 g/mol. The molecule has 0 radical (unpaired) electrons. The molecule has 2 amide bonds. The van der Waals surface area contributed by atoms with E-state index in [0.29, 0.717) is 12.1 Å². The van der Waals surface area contributed by atoms with E-state index in [2.05, 4.69) is 11.9 Å². The van der Waals surface area contributed by atoms with Crippen LogP contribution in [0.15, 0.2) is 67.3 Å². The SMILES string of the molecule is C=CC(=O)Nc1ccc(N(C)C(=O)Cc2ccccc2)cc1. The van der Waals surface area contributed by atoms with Crippen molar-refractivity contribution in [1.29, 1.82) is 0 Å². The molecule has 112 valence electrons. The minimum Gasteiger partial charge on any atom is -0.323 e. The van der Waals surface area contributed by atoms with Gasteiger partial charge in [-0.25, -0.2) is 0 Å². The van der Waals surface area contributed by atoms with Crippen LogP contribution in [0.5, 0.6) is 0 Å². The molecule has 22 heavy (non-hydrogen) atoms. The van der Waals surface area contributed by atoms with Gasteiger partial charge < -0.3 is 10.2 Å². The molecule has 4 nitrogen and oxygen atoms in total. The first kappa shape index (κ1) is 15.5. The third-order valence-corrected chi connectivity index (χ3v) is 3.28. The molecule has 2 rings (SSSR count). The molecule has 0 fully saturated rings. The largest absolute Gasteiger partial charge is 0.323 e. The molecule has 1 N–H and O–H groups in total. The number of hydrogen-bond acceptors (Lipinski definition) is 2. The van der Waals surface area contributed by atoms with Crippen LogP contribution in [0.3, 0.4) is 0 Å². The van der Waals surface area contributed by atoms with Gasteiger partial charge in [-0.2, -0.15) is 0 Å². The highest BCUT2D eigenvalue weighted by Crippen LogP contribution is 2.18. The molecule has 0 spiro atoms. The first-order valence-electron chi connectivity index (χ1n) is 6.94. The summed E-state index contributed by atoms with van der Waals surface area (Å²) in [6, 6.07) is 16.7. The molecular formula is C18H18N2O2. The third-order valence-electron chi connectivity index (χ3n) is 3.28. The molecule has 4 heteroatoms. The van der Waals surface area contributed by atoms with E-state index in [4.69, 9.17) is 0 Å². The van der Waals surface area contributed by atoms with Crippen molar-refractivity contribution in [2.75, 3.05) is 17.3 Å². The number of amides is 2. The van der Waals surface area contributed by atoms with E-state index in [1.807, 2.05) is 30.3 Å². The number of likely N-dealkylation sites (N-methyl/N-ethyl adjacent to an activating group) is 1. The van der Waals surface area contributed by atoms with Gasteiger partial charge in [-0.3, -0.25) is 9.59 Å². The second kappa shape index (κ2) is 7.22. The Kier molecular flexibility index (Phi) is 5.09. The number of carbonyl (C=O) groups is 2. The van der Waals surface area contributed by atoms with Crippen LogP contribution in [0.4, 0.5) is 11.4 Å². The molecule has 0 heterocycles. The molecule has 0 bridgehead atoms. The van der Waals surface area contributed by atoms with Gasteiger partial charge in [0, 0.05) is 18.4 Å². The van der Waals surface area contributed by atoms with Gasteiger partial charge in [0.15, 0.2) is 0 Å². The normalized spacial score (nSPS) is 9.86. The van der Waals surface area contributed by atoms with Gasteiger partial charge >= 0.3 is 0 Å². The van der Waals surface area contributed by atoms with Crippen molar-refractivity contribution < 1.29 is 9.59 Å². The van der Waals surface area contributed by atoms with Crippen LogP contribution in [0.1, 0.15) is 5.56 Å². The second-order valence-corrected chi connectivity index (χ2v) is 4.86. The van der Waals surface area contributed by atoms with Crippen LogP contribution in [0.2, 0.25) is 0 Å². The zero-order valence-electron chi connectivity index (χ0n) is 12.5. The van der Waals surface area contributed by atoms with E-state index in [1.165, 1.54) is 6.08 Å². The standard InChI is InChI=1S/C18H18N2O2/c1-3-17(21)19-15-9-11-16(12-10-15)20(2)18(22)13-14-7-5-4-6-8-14/h3-12H,1,13H2,2H3,(H,19,21). The Morgan fingerprint density at radius 2 is 1.73 bits per heavy atom. The number of nitrogens with zero attached hydrogens (tertiary/aromatic N) is 1. The second-order valence-electron chi connectivity index (χ2n) is 4.86. The van der Waals surface area contributed by atoms with Crippen molar-refractivity contribution in [2.45, 2.75) is 6.42 Å². The number of benzene rings is 2. The Morgan fingerprint density at radius 3 is 2.32 bits per heavy atom. The zero-order chi connectivity index (χ0) is 15.9. The molecule has 0 aliphatic rings. The molecule has 0 aliphatic heterocycles. The highest BCUT2D eigenvalue weighted by atomic mass is 16.2. The predicted octanol–water partition coefficient (Wildman–Crippen LogP) is 3.02. The maximum atomic E-state index is 12.3. The fraction of sp³-hybridized carbons (Fsp3) is 0.111. The van der Waals surface area contributed by atoms with E-state index in [-0.39, 0.29) is 11.8 Å². The van der Waals surface area contributed by atoms with Crippen LogP contribution in [0, 0.1) is 0 Å². The Labute approximate surface area is 130 Å².